The van der Waals surface area contributed by atoms with Crippen molar-refractivity contribution in [3.05, 3.63) is 58.7 Å². The third kappa shape index (κ3) is 10.4. The van der Waals surface area contributed by atoms with Crippen LogP contribution >= 0.6 is 0 Å². The van der Waals surface area contributed by atoms with Crippen LogP contribution in [0.2, 0.25) is 0 Å². The average molecular weight is 515 g/mol. The van der Waals surface area contributed by atoms with E-state index in [2.05, 4.69) is 25.2 Å². The van der Waals surface area contributed by atoms with Crippen LogP contribution in [0.3, 0.4) is 0 Å². The van der Waals surface area contributed by atoms with E-state index in [1.165, 1.54) is 5.56 Å². The van der Waals surface area contributed by atoms with Crippen LogP contribution in [0.15, 0.2) is 36.4 Å². The van der Waals surface area contributed by atoms with Crippen molar-refractivity contribution in [2.45, 2.75) is 60.0 Å². The van der Waals surface area contributed by atoms with Crippen LogP contribution in [0.1, 0.15) is 48.9 Å². The van der Waals surface area contributed by atoms with Gasteiger partial charge in [-0.25, -0.2) is 9.59 Å². The molecular weight excluding hydrogens is 472 g/mol. The quantitative estimate of drug-likeness (QED) is 0.292. The first-order chi connectivity index (χ1) is 17.7. The van der Waals surface area contributed by atoms with E-state index in [4.69, 9.17) is 14.2 Å². The second kappa shape index (κ2) is 15.9. The number of hydrogen-bond donors (Lipinski definition) is 2. The minimum atomic E-state index is -0.977. The summed E-state index contributed by atoms with van der Waals surface area (Å²) in [6.07, 6.45) is 1.47. The average Bonchev–Trinajstić information content (AvgIpc) is 2.86. The molecule has 0 saturated carbocycles. The molecular formula is C29H42N2O6. The Kier molecular flexibility index (Phi) is 12.9. The fourth-order valence-electron chi connectivity index (χ4n) is 3.76. The molecule has 0 heterocycles. The van der Waals surface area contributed by atoms with Crippen molar-refractivity contribution in [3.63, 3.8) is 0 Å². The van der Waals surface area contributed by atoms with Crippen molar-refractivity contribution in [1.82, 2.24) is 4.90 Å². The number of urea groups is 1. The smallest absolute Gasteiger partial charge is 0.333 e. The molecule has 0 bridgehead atoms. The highest BCUT2D eigenvalue weighted by molar-refractivity contribution is 5.90. The Morgan fingerprint density at radius 1 is 0.946 bits per heavy atom. The van der Waals surface area contributed by atoms with Gasteiger partial charge in [0.2, 0.25) is 0 Å². The summed E-state index contributed by atoms with van der Waals surface area (Å²) in [5.41, 5.74) is 4.97. The normalized spacial score (nSPS) is 11.7. The van der Waals surface area contributed by atoms with Crippen molar-refractivity contribution in [3.8, 4) is 5.75 Å². The highest BCUT2D eigenvalue weighted by atomic mass is 16.5. The molecule has 0 aliphatic rings. The zero-order chi connectivity index (χ0) is 27.2. The number of aryl methyl sites for hydroxylation is 3. The zero-order valence-corrected chi connectivity index (χ0v) is 22.8. The molecule has 1 atom stereocenters. The van der Waals surface area contributed by atoms with Crippen LogP contribution < -0.4 is 10.1 Å². The summed E-state index contributed by atoms with van der Waals surface area (Å²) >= 11 is 0. The van der Waals surface area contributed by atoms with Crippen LogP contribution in [-0.2, 0) is 20.7 Å². The maximum absolute atomic E-state index is 13.1. The molecule has 0 aliphatic heterocycles. The Morgan fingerprint density at radius 2 is 1.62 bits per heavy atom. The van der Waals surface area contributed by atoms with Crippen LogP contribution in [0.4, 0.5) is 10.5 Å². The summed E-state index contributed by atoms with van der Waals surface area (Å²) in [5.74, 6) is -0.327. The van der Waals surface area contributed by atoms with E-state index in [0.717, 1.165) is 35.2 Å². The molecule has 1 unspecified atom stereocenters. The molecule has 0 aliphatic carbocycles. The Hall–Kier alpha value is -3.10. The van der Waals surface area contributed by atoms with Gasteiger partial charge in [0.1, 0.15) is 12.4 Å². The molecule has 8 heteroatoms. The first-order valence-corrected chi connectivity index (χ1v) is 13.0. The van der Waals surface area contributed by atoms with Gasteiger partial charge >= 0.3 is 12.0 Å². The minimum Gasteiger partial charge on any atom is -0.492 e. The number of carbonyl (C=O) groups is 2. The van der Waals surface area contributed by atoms with Gasteiger partial charge in [-0.2, -0.15) is 0 Å². The van der Waals surface area contributed by atoms with E-state index in [1.807, 2.05) is 32.0 Å². The van der Waals surface area contributed by atoms with E-state index in [1.54, 1.807) is 24.0 Å². The maximum atomic E-state index is 13.1. The first-order valence-electron chi connectivity index (χ1n) is 13.0. The maximum Gasteiger partial charge on any atom is 0.333 e. The van der Waals surface area contributed by atoms with Crippen LogP contribution in [0.25, 0.3) is 0 Å². The van der Waals surface area contributed by atoms with Crippen molar-refractivity contribution in [1.29, 1.82) is 0 Å². The molecule has 0 spiro atoms. The number of carbonyl (C=O) groups excluding carboxylic acids is 1. The van der Waals surface area contributed by atoms with Gasteiger partial charge in [0, 0.05) is 31.9 Å². The molecule has 2 aromatic carbocycles. The summed E-state index contributed by atoms with van der Waals surface area (Å²) in [6.45, 7) is 12.6. The molecule has 0 fully saturated rings. The number of ether oxygens (including phenoxy) is 3. The number of aliphatic carboxylic acids is 1. The lowest BCUT2D eigenvalue weighted by atomic mass is 10.1. The minimum absolute atomic E-state index is 0.194. The van der Waals surface area contributed by atoms with Crippen LogP contribution in [0, 0.1) is 20.8 Å². The number of unbranched alkanes of at least 4 members (excludes halogenated alkanes) is 1. The molecule has 8 nitrogen and oxygen atoms in total. The predicted molar refractivity (Wildman–Crippen MR) is 146 cm³/mol. The molecule has 2 N–H and O–H groups in total. The molecule has 0 saturated heterocycles. The number of carboxylic acids is 1. The highest BCUT2D eigenvalue weighted by Crippen LogP contribution is 2.20. The largest absolute Gasteiger partial charge is 0.492 e. The fourth-order valence-corrected chi connectivity index (χ4v) is 3.76. The Bertz CT molecular complexity index is 993. The summed E-state index contributed by atoms with van der Waals surface area (Å²) in [4.78, 5) is 26.1. The first kappa shape index (κ1) is 30.1. The molecule has 2 aromatic rings. The van der Waals surface area contributed by atoms with Crippen molar-refractivity contribution in [2.24, 2.45) is 0 Å². The van der Waals surface area contributed by atoms with E-state index in [9.17, 15) is 14.7 Å². The fraction of sp³-hybridized carbons (Fsp3) is 0.517. The van der Waals surface area contributed by atoms with Gasteiger partial charge in [-0.1, -0.05) is 31.5 Å². The predicted octanol–water partition coefficient (Wildman–Crippen LogP) is 5.37. The summed E-state index contributed by atoms with van der Waals surface area (Å²) in [7, 11) is 0. The van der Waals surface area contributed by atoms with E-state index >= 15 is 0 Å². The summed E-state index contributed by atoms with van der Waals surface area (Å²) in [6, 6.07) is 11.1. The number of carboxylic acid groups (broad SMARTS) is 1. The number of hydrogen-bond acceptors (Lipinski definition) is 5. The topological polar surface area (TPSA) is 97.3 Å². The Balaban J connectivity index is 1.96. The molecule has 37 heavy (non-hydrogen) atoms. The lowest BCUT2D eigenvalue weighted by Crippen LogP contribution is -2.40. The second-order valence-electron chi connectivity index (χ2n) is 9.11. The number of rotatable bonds is 16. The summed E-state index contributed by atoms with van der Waals surface area (Å²) < 4.78 is 16.9. The number of nitrogens with zero attached hydrogens (tertiary/aromatic N) is 1. The molecule has 0 radical (unpaired) electrons. The van der Waals surface area contributed by atoms with Gasteiger partial charge in [0.25, 0.3) is 0 Å². The number of nitrogens with one attached hydrogen (secondary N) is 1. The molecule has 2 rings (SSSR count). The lowest BCUT2D eigenvalue weighted by molar-refractivity contribution is -0.149. The third-order valence-electron chi connectivity index (χ3n) is 6.13. The third-order valence-corrected chi connectivity index (χ3v) is 6.13. The molecule has 2 amide bonds. The number of benzene rings is 2. The van der Waals surface area contributed by atoms with Gasteiger partial charge in [-0.3, -0.25) is 0 Å². The van der Waals surface area contributed by atoms with Crippen molar-refractivity contribution < 1.29 is 28.9 Å². The monoisotopic (exact) mass is 514 g/mol. The number of amides is 2. The SMILES string of the molecule is CCCCOCCN(CCOc1ccc(CC(OCC)C(=O)O)cc1)C(=O)Nc1cc(C)c(C)cc1C. The van der Waals surface area contributed by atoms with Gasteiger partial charge < -0.3 is 29.5 Å². The standard InChI is InChI=1S/C29H42N2O6/c1-6-8-15-35-16-13-31(29(34)30-26-19-22(4)21(3)18-23(26)5)14-17-37-25-11-9-24(10-12-25)20-27(28(32)33)36-7-2/h9-12,18-19,27H,6-8,13-17,20H2,1-5H3,(H,30,34)(H,32,33). The van der Waals surface area contributed by atoms with Gasteiger partial charge in [-0.05, 0) is 74.6 Å². The van der Waals surface area contributed by atoms with E-state index in [0.29, 0.717) is 45.3 Å². The Morgan fingerprint density at radius 3 is 2.27 bits per heavy atom. The molecule has 204 valence electrons. The molecule has 0 aromatic heterocycles. The lowest BCUT2D eigenvalue weighted by Gasteiger charge is -2.24. The van der Waals surface area contributed by atoms with Crippen LogP contribution in [0.5, 0.6) is 5.75 Å². The van der Waals surface area contributed by atoms with Crippen molar-refractivity contribution in [2.75, 3.05) is 44.8 Å². The van der Waals surface area contributed by atoms with E-state index in [-0.39, 0.29) is 12.5 Å². The van der Waals surface area contributed by atoms with Gasteiger partial charge in [0.05, 0.1) is 13.2 Å². The van der Waals surface area contributed by atoms with Crippen molar-refractivity contribution >= 4 is 17.7 Å². The second-order valence-corrected chi connectivity index (χ2v) is 9.11. The number of anilines is 1. The zero-order valence-electron chi connectivity index (χ0n) is 22.8. The van der Waals surface area contributed by atoms with Crippen LogP contribution in [-0.4, -0.2) is 67.6 Å². The highest BCUT2D eigenvalue weighted by Gasteiger charge is 2.18. The van der Waals surface area contributed by atoms with Gasteiger partial charge in [-0.15, -0.1) is 0 Å². The Labute approximate surface area is 220 Å². The summed E-state index contributed by atoms with van der Waals surface area (Å²) in [5, 5.41) is 12.3. The van der Waals surface area contributed by atoms with E-state index < -0.39 is 12.1 Å². The van der Waals surface area contributed by atoms with Gasteiger partial charge in [0.15, 0.2) is 6.10 Å².